The molecule has 0 saturated heterocycles. The molecule has 2 N–H and O–H groups in total. The van der Waals surface area contributed by atoms with Crippen LogP contribution in [0.5, 0.6) is 0 Å². The Kier molecular flexibility index (Phi) is 5.88. The van der Waals surface area contributed by atoms with Gasteiger partial charge < -0.3 is 10.3 Å². The second kappa shape index (κ2) is 8.75. The van der Waals surface area contributed by atoms with Gasteiger partial charge in [-0.05, 0) is 48.4 Å². The topological polar surface area (TPSA) is 81.2 Å². The molecule has 6 nitrogen and oxygen atoms in total. The number of primary amides is 1. The van der Waals surface area contributed by atoms with Gasteiger partial charge in [0, 0.05) is 24.5 Å². The molecule has 2 aromatic carbocycles. The molecule has 8 heteroatoms. The molecule has 0 aliphatic carbocycles. The number of amides is 2. The number of nitrogens with zero attached hydrogens (tertiary/aromatic N) is 3. The molecule has 156 valence electrons. The summed E-state index contributed by atoms with van der Waals surface area (Å²) in [4.78, 5) is 31.1. The molecule has 0 radical (unpaired) electrons. The van der Waals surface area contributed by atoms with Gasteiger partial charge in [0.25, 0.3) is 11.8 Å². The van der Waals surface area contributed by atoms with Crippen molar-refractivity contribution in [1.82, 2.24) is 9.55 Å². The monoisotopic (exact) mass is 450 g/mol. The third kappa shape index (κ3) is 4.38. The van der Waals surface area contributed by atoms with Crippen LogP contribution in [0.3, 0.4) is 0 Å². The van der Waals surface area contributed by atoms with Crippen molar-refractivity contribution >= 4 is 45.6 Å². The van der Waals surface area contributed by atoms with Crippen molar-refractivity contribution < 1.29 is 9.59 Å². The van der Waals surface area contributed by atoms with E-state index in [9.17, 15) is 9.59 Å². The number of hydrogen-bond donors (Lipinski definition) is 1. The smallest absolute Gasteiger partial charge is 0.264 e. The van der Waals surface area contributed by atoms with E-state index in [1.54, 1.807) is 18.2 Å². The summed E-state index contributed by atoms with van der Waals surface area (Å²) in [6, 6.07) is 16.7. The Morgan fingerprint density at radius 2 is 1.81 bits per heavy atom. The number of nitrogens with two attached hydrogens (primary N) is 1. The number of hydrogen-bond acceptors (Lipinski definition) is 4. The highest BCUT2D eigenvalue weighted by Crippen LogP contribution is 2.38. The zero-order valence-corrected chi connectivity index (χ0v) is 18.2. The lowest BCUT2D eigenvalue weighted by Crippen LogP contribution is -2.27. The predicted molar refractivity (Wildman–Crippen MR) is 123 cm³/mol. The van der Waals surface area contributed by atoms with Gasteiger partial charge in [-0.25, -0.2) is 4.98 Å². The van der Waals surface area contributed by atoms with Crippen molar-refractivity contribution in [3.05, 3.63) is 99.8 Å². The molecule has 0 fully saturated rings. The minimum atomic E-state index is -0.596. The summed E-state index contributed by atoms with van der Waals surface area (Å²) in [6.45, 7) is 2.58. The zero-order valence-electron chi connectivity index (χ0n) is 16.7. The van der Waals surface area contributed by atoms with E-state index in [0.717, 1.165) is 22.5 Å². The van der Waals surface area contributed by atoms with Crippen molar-refractivity contribution in [1.29, 1.82) is 0 Å². The first-order valence-electron chi connectivity index (χ1n) is 9.49. The van der Waals surface area contributed by atoms with Crippen LogP contribution in [0.1, 0.15) is 31.2 Å². The quantitative estimate of drug-likeness (QED) is 0.447. The number of anilines is 2. The third-order valence-electron chi connectivity index (χ3n) is 4.78. The average Bonchev–Trinajstić information content (AvgIpc) is 3.43. The van der Waals surface area contributed by atoms with E-state index >= 15 is 0 Å². The Balaban J connectivity index is 1.72. The number of thiazole rings is 1. The Morgan fingerprint density at radius 3 is 2.42 bits per heavy atom. The number of aryl methyl sites for hydroxylation is 1. The number of halogens is 1. The number of carbonyl (C=O) groups excluding carboxylic acids is 2. The maximum atomic E-state index is 13.6. The van der Waals surface area contributed by atoms with E-state index in [2.05, 4.69) is 9.55 Å². The van der Waals surface area contributed by atoms with Crippen LogP contribution < -0.4 is 10.6 Å². The Morgan fingerprint density at radius 1 is 1.10 bits per heavy atom. The molecule has 0 aliphatic rings. The van der Waals surface area contributed by atoms with Gasteiger partial charge in [0.15, 0.2) is 5.13 Å². The van der Waals surface area contributed by atoms with Gasteiger partial charge in [-0.3, -0.25) is 14.5 Å². The number of para-hydroxylation sites is 1. The van der Waals surface area contributed by atoms with E-state index in [1.807, 2.05) is 55.7 Å². The molecule has 2 amide bonds. The van der Waals surface area contributed by atoms with Crippen molar-refractivity contribution in [2.45, 2.75) is 13.5 Å². The Labute approximate surface area is 188 Å². The highest BCUT2D eigenvalue weighted by Gasteiger charge is 2.26. The lowest BCUT2D eigenvalue weighted by atomic mass is 10.1. The second-order valence-corrected chi connectivity index (χ2v) is 8.39. The summed E-state index contributed by atoms with van der Waals surface area (Å²) in [5, 5.41) is 0.736. The maximum Gasteiger partial charge on any atom is 0.264 e. The minimum Gasteiger partial charge on any atom is -0.365 e. The van der Waals surface area contributed by atoms with Crippen molar-refractivity contribution in [3.63, 3.8) is 0 Å². The van der Waals surface area contributed by atoms with Gasteiger partial charge in [0.2, 0.25) is 0 Å². The predicted octanol–water partition coefficient (Wildman–Crippen LogP) is 5.03. The Bertz CT molecular complexity index is 1210. The van der Waals surface area contributed by atoms with E-state index in [1.165, 1.54) is 11.1 Å². The van der Waals surface area contributed by atoms with Gasteiger partial charge in [0.1, 0.15) is 4.88 Å². The van der Waals surface area contributed by atoms with Gasteiger partial charge in [0.05, 0.1) is 16.9 Å². The zero-order chi connectivity index (χ0) is 22.0. The van der Waals surface area contributed by atoms with Crippen molar-refractivity contribution in [3.8, 4) is 0 Å². The minimum absolute atomic E-state index is 0.263. The molecule has 4 aromatic rings. The number of aromatic nitrogens is 2. The first-order chi connectivity index (χ1) is 14.9. The van der Waals surface area contributed by atoms with Gasteiger partial charge >= 0.3 is 0 Å². The lowest BCUT2D eigenvalue weighted by Gasteiger charge is -2.23. The standard InChI is InChI=1S/C23H19ClN4O2S/c1-15-5-4-6-18(24)20(15)28(23-26-13-19(31-23)21(25)29)22(30)17-9-7-16(8-10-17)14-27-11-2-3-12-27/h2-13H,14H2,1H3,(H2,25,29). The van der Waals surface area contributed by atoms with Gasteiger partial charge in [-0.2, -0.15) is 0 Å². The van der Waals surface area contributed by atoms with Crippen LogP contribution in [0.15, 0.2) is 73.2 Å². The summed E-state index contributed by atoms with van der Waals surface area (Å²) in [5.74, 6) is -0.893. The first kappa shape index (κ1) is 20.8. The molecule has 0 bridgehead atoms. The normalized spacial score (nSPS) is 10.8. The van der Waals surface area contributed by atoms with Crippen LogP contribution in [0.25, 0.3) is 0 Å². The van der Waals surface area contributed by atoms with Crippen molar-refractivity contribution in [2.75, 3.05) is 4.90 Å². The molecule has 31 heavy (non-hydrogen) atoms. The molecular formula is C23H19ClN4O2S. The Hall–Kier alpha value is -3.42. The summed E-state index contributed by atoms with van der Waals surface area (Å²) in [6.07, 6.45) is 5.34. The largest absolute Gasteiger partial charge is 0.365 e. The average molecular weight is 451 g/mol. The fourth-order valence-electron chi connectivity index (χ4n) is 3.24. The molecule has 4 rings (SSSR count). The molecule has 0 atom stereocenters. The van der Waals surface area contributed by atoms with Crippen molar-refractivity contribution in [2.24, 2.45) is 5.73 Å². The van der Waals surface area contributed by atoms with Crippen LogP contribution in [-0.4, -0.2) is 21.4 Å². The summed E-state index contributed by atoms with van der Waals surface area (Å²) in [5.41, 5.74) is 8.26. The molecular weight excluding hydrogens is 432 g/mol. The summed E-state index contributed by atoms with van der Waals surface area (Å²) < 4.78 is 2.05. The molecule has 2 heterocycles. The second-order valence-electron chi connectivity index (χ2n) is 6.97. The highest BCUT2D eigenvalue weighted by molar-refractivity contribution is 7.17. The van der Waals surface area contributed by atoms with Gasteiger partial charge in [-0.15, -0.1) is 0 Å². The van der Waals surface area contributed by atoms with E-state index in [0.29, 0.717) is 27.9 Å². The number of carbonyl (C=O) groups is 2. The molecule has 0 spiro atoms. The number of rotatable bonds is 6. The van der Waals surface area contributed by atoms with E-state index < -0.39 is 5.91 Å². The van der Waals surface area contributed by atoms with Gasteiger partial charge in [-0.1, -0.05) is 47.2 Å². The fourth-order valence-corrected chi connectivity index (χ4v) is 4.32. The summed E-state index contributed by atoms with van der Waals surface area (Å²) in [7, 11) is 0. The SMILES string of the molecule is Cc1cccc(Cl)c1N(C(=O)c1ccc(Cn2cccc2)cc1)c1ncc(C(N)=O)s1. The fraction of sp³-hybridized carbons (Fsp3) is 0.0870. The van der Waals surface area contributed by atoms with Crippen LogP contribution in [0, 0.1) is 6.92 Å². The number of benzene rings is 2. The van der Waals surface area contributed by atoms with Crippen LogP contribution >= 0.6 is 22.9 Å². The first-order valence-corrected chi connectivity index (χ1v) is 10.7. The van der Waals surface area contributed by atoms with E-state index in [4.69, 9.17) is 17.3 Å². The summed E-state index contributed by atoms with van der Waals surface area (Å²) >= 11 is 7.52. The highest BCUT2D eigenvalue weighted by atomic mass is 35.5. The molecule has 0 unspecified atom stereocenters. The maximum absolute atomic E-state index is 13.6. The third-order valence-corrected chi connectivity index (χ3v) is 6.08. The molecule has 2 aromatic heterocycles. The van der Waals surface area contributed by atoms with E-state index in [-0.39, 0.29) is 10.8 Å². The van der Waals surface area contributed by atoms with Crippen LogP contribution in [-0.2, 0) is 6.54 Å². The molecule has 0 saturated carbocycles. The van der Waals surface area contributed by atoms with Crippen LogP contribution in [0.4, 0.5) is 10.8 Å². The lowest BCUT2D eigenvalue weighted by molar-refractivity contribution is 0.0992. The molecule has 0 aliphatic heterocycles. The van der Waals surface area contributed by atoms with Crippen LogP contribution in [0.2, 0.25) is 5.02 Å².